The number of aromatic nitrogens is 2. The van der Waals surface area contributed by atoms with Crippen LogP contribution < -0.4 is 0 Å². The van der Waals surface area contributed by atoms with Gasteiger partial charge in [0.25, 0.3) is 0 Å². The summed E-state index contributed by atoms with van der Waals surface area (Å²) in [5.41, 5.74) is 7.19. The second kappa shape index (κ2) is 8.72. The van der Waals surface area contributed by atoms with Crippen molar-refractivity contribution in [2.45, 2.75) is 13.8 Å². The molecule has 2 nitrogen and oxygen atoms in total. The van der Waals surface area contributed by atoms with E-state index < -0.39 is 0 Å². The minimum absolute atomic E-state index is 1.15. The molecule has 0 aliphatic carbocycles. The second-order valence-electron chi connectivity index (χ2n) is 6.21. The van der Waals surface area contributed by atoms with Gasteiger partial charge in [0.2, 0.25) is 0 Å². The molecule has 128 valence electrons. The number of aryl methyl sites for hydroxylation is 1. The molecule has 0 N–H and O–H groups in total. The topological polar surface area (TPSA) is 25.8 Å². The lowest BCUT2D eigenvalue weighted by molar-refractivity contribution is 1.32. The number of hydrogen-bond donors (Lipinski definition) is 0. The first-order chi connectivity index (χ1) is 12.7. The van der Waals surface area contributed by atoms with Crippen molar-refractivity contribution < 1.29 is 0 Å². The van der Waals surface area contributed by atoms with E-state index in [-0.39, 0.29) is 0 Å². The largest absolute Gasteiger partial charge is 0.265 e. The van der Waals surface area contributed by atoms with E-state index in [0.29, 0.717) is 0 Å². The summed E-state index contributed by atoms with van der Waals surface area (Å²) in [5.74, 6) is 0. The van der Waals surface area contributed by atoms with Gasteiger partial charge in [0, 0.05) is 24.8 Å². The molecule has 3 aromatic rings. The van der Waals surface area contributed by atoms with Crippen LogP contribution in [0.4, 0.5) is 0 Å². The van der Waals surface area contributed by atoms with E-state index in [2.05, 4.69) is 72.4 Å². The van der Waals surface area contributed by atoms with E-state index in [1.54, 1.807) is 12.4 Å². The Labute approximate surface area is 155 Å². The molecule has 2 aromatic heterocycles. The zero-order valence-electron chi connectivity index (χ0n) is 15.1. The van der Waals surface area contributed by atoms with Crippen LogP contribution in [0.25, 0.3) is 23.3 Å². The molecule has 0 spiro atoms. The van der Waals surface area contributed by atoms with Crippen LogP contribution in [0.1, 0.15) is 23.6 Å². The highest BCUT2D eigenvalue weighted by Crippen LogP contribution is 2.25. The number of pyridine rings is 2. The summed E-state index contributed by atoms with van der Waals surface area (Å²) in [5, 5.41) is 0. The Morgan fingerprint density at radius 3 is 2.27 bits per heavy atom. The fraction of sp³-hybridized carbons (Fsp3) is 0.0833. The maximum absolute atomic E-state index is 4.11. The van der Waals surface area contributed by atoms with Gasteiger partial charge in [-0.15, -0.1) is 0 Å². The van der Waals surface area contributed by atoms with Crippen LogP contribution in [0.3, 0.4) is 0 Å². The Morgan fingerprint density at radius 1 is 0.846 bits per heavy atom. The maximum atomic E-state index is 4.11. The summed E-state index contributed by atoms with van der Waals surface area (Å²) in [4.78, 5) is 8.15. The highest BCUT2D eigenvalue weighted by molar-refractivity contribution is 5.76. The first-order valence-corrected chi connectivity index (χ1v) is 8.66. The van der Waals surface area contributed by atoms with Crippen LogP contribution in [0.15, 0.2) is 91.1 Å². The predicted molar refractivity (Wildman–Crippen MR) is 110 cm³/mol. The van der Waals surface area contributed by atoms with E-state index >= 15 is 0 Å². The molecule has 3 rings (SSSR count). The van der Waals surface area contributed by atoms with Crippen molar-refractivity contribution in [3.05, 3.63) is 108 Å². The fourth-order valence-corrected chi connectivity index (χ4v) is 2.66. The van der Waals surface area contributed by atoms with E-state index in [4.69, 9.17) is 0 Å². The van der Waals surface area contributed by atoms with E-state index in [1.807, 2.05) is 36.7 Å². The zero-order valence-corrected chi connectivity index (χ0v) is 15.1. The number of hydrogen-bond acceptors (Lipinski definition) is 2. The number of rotatable bonds is 5. The molecule has 0 atom stereocenters. The Balaban J connectivity index is 1.79. The van der Waals surface area contributed by atoms with E-state index in [0.717, 1.165) is 5.56 Å². The number of benzene rings is 1. The lowest BCUT2D eigenvalue weighted by Crippen LogP contribution is -1.85. The molecule has 1 aromatic carbocycles. The SMILES string of the molecule is CC(=C/C=C/c1ccc(C)cc1-c1ccncc1)/C=C/c1ccncc1. The van der Waals surface area contributed by atoms with Gasteiger partial charge in [0.05, 0.1) is 0 Å². The van der Waals surface area contributed by atoms with E-state index in [1.165, 1.54) is 27.8 Å². The number of nitrogens with zero attached hydrogens (tertiary/aromatic N) is 2. The standard InChI is InChI=1S/C24H22N2/c1-19(6-8-21-10-14-25-15-11-21)4-3-5-22-9-7-20(2)18-24(22)23-12-16-26-17-13-23/h3-18H,1-2H3/b5-3+,8-6+,19-4-. The van der Waals surface area contributed by atoms with Gasteiger partial charge in [0.15, 0.2) is 0 Å². The molecule has 2 heterocycles. The lowest BCUT2D eigenvalue weighted by Gasteiger charge is -2.07. The van der Waals surface area contributed by atoms with Crippen molar-refractivity contribution in [1.29, 1.82) is 0 Å². The summed E-state index contributed by atoms with van der Waals surface area (Å²) < 4.78 is 0. The van der Waals surface area contributed by atoms with Gasteiger partial charge in [-0.25, -0.2) is 0 Å². The zero-order chi connectivity index (χ0) is 18.2. The smallest absolute Gasteiger partial charge is 0.0273 e. The second-order valence-corrected chi connectivity index (χ2v) is 6.21. The molecule has 0 aliphatic rings. The Kier molecular flexibility index (Phi) is 5.89. The molecule has 0 saturated heterocycles. The highest BCUT2D eigenvalue weighted by atomic mass is 14.6. The van der Waals surface area contributed by atoms with Gasteiger partial charge in [-0.05, 0) is 60.4 Å². The van der Waals surface area contributed by atoms with Gasteiger partial charge in [-0.1, -0.05) is 59.7 Å². The molecule has 0 aliphatic heterocycles. The van der Waals surface area contributed by atoms with Crippen LogP contribution in [-0.2, 0) is 0 Å². The molecule has 0 fully saturated rings. The third kappa shape index (κ3) is 4.87. The van der Waals surface area contributed by atoms with Crippen molar-refractivity contribution in [1.82, 2.24) is 9.97 Å². The Morgan fingerprint density at radius 2 is 1.54 bits per heavy atom. The third-order valence-corrected chi connectivity index (χ3v) is 4.08. The number of allylic oxidation sites excluding steroid dienone is 4. The molecular weight excluding hydrogens is 316 g/mol. The van der Waals surface area contributed by atoms with Crippen LogP contribution in [0.5, 0.6) is 0 Å². The summed E-state index contributed by atoms with van der Waals surface area (Å²) in [6.07, 6.45) is 17.8. The van der Waals surface area contributed by atoms with Gasteiger partial charge in [-0.2, -0.15) is 0 Å². The summed E-state index contributed by atoms with van der Waals surface area (Å²) in [7, 11) is 0. The normalized spacial score (nSPS) is 12.2. The highest BCUT2D eigenvalue weighted by Gasteiger charge is 2.02. The van der Waals surface area contributed by atoms with E-state index in [9.17, 15) is 0 Å². The van der Waals surface area contributed by atoms with Crippen molar-refractivity contribution in [3.8, 4) is 11.1 Å². The quantitative estimate of drug-likeness (QED) is 0.523. The molecule has 2 heteroatoms. The average Bonchev–Trinajstić information content (AvgIpc) is 2.69. The van der Waals surface area contributed by atoms with Crippen LogP contribution >= 0.6 is 0 Å². The van der Waals surface area contributed by atoms with Crippen molar-refractivity contribution in [2.24, 2.45) is 0 Å². The molecular formula is C24H22N2. The van der Waals surface area contributed by atoms with Gasteiger partial charge >= 0.3 is 0 Å². The Hall–Kier alpha value is -3.26. The summed E-state index contributed by atoms with van der Waals surface area (Å²) in [6, 6.07) is 14.6. The fourth-order valence-electron chi connectivity index (χ4n) is 2.66. The molecule has 0 radical (unpaired) electrons. The third-order valence-electron chi connectivity index (χ3n) is 4.08. The molecule has 0 bridgehead atoms. The predicted octanol–water partition coefficient (Wildman–Crippen LogP) is 6.12. The van der Waals surface area contributed by atoms with Gasteiger partial charge in [-0.3, -0.25) is 9.97 Å². The molecule has 0 saturated carbocycles. The molecule has 26 heavy (non-hydrogen) atoms. The van der Waals surface area contributed by atoms with Gasteiger partial charge in [0.1, 0.15) is 0 Å². The van der Waals surface area contributed by atoms with Crippen molar-refractivity contribution in [3.63, 3.8) is 0 Å². The van der Waals surface area contributed by atoms with Crippen LogP contribution in [0.2, 0.25) is 0 Å². The lowest BCUT2D eigenvalue weighted by atomic mass is 9.98. The average molecular weight is 338 g/mol. The molecule has 0 amide bonds. The van der Waals surface area contributed by atoms with Crippen molar-refractivity contribution in [2.75, 3.05) is 0 Å². The summed E-state index contributed by atoms with van der Waals surface area (Å²) in [6.45, 7) is 4.22. The minimum Gasteiger partial charge on any atom is -0.265 e. The van der Waals surface area contributed by atoms with Crippen molar-refractivity contribution >= 4 is 12.2 Å². The minimum atomic E-state index is 1.15. The van der Waals surface area contributed by atoms with Crippen LogP contribution in [-0.4, -0.2) is 9.97 Å². The maximum Gasteiger partial charge on any atom is 0.0273 e. The Bertz CT molecular complexity index is 936. The first kappa shape index (κ1) is 17.6. The van der Waals surface area contributed by atoms with Crippen LogP contribution in [0, 0.1) is 6.92 Å². The molecule has 0 unspecified atom stereocenters. The monoisotopic (exact) mass is 338 g/mol. The summed E-state index contributed by atoms with van der Waals surface area (Å²) >= 11 is 0. The van der Waals surface area contributed by atoms with Gasteiger partial charge < -0.3 is 0 Å². The first-order valence-electron chi connectivity index (χ1n) is 8.66.